The average Bonchev–Trinajstić information content (AvgIpc) is 2.37. The highest BCUT2D eigenvalue weighted by Crippen LogP contribution is 2.35. The van der Waals surface area contributed by atoms with Gasteiger partial charge in [0.15, 0.2) is 0 Å². The summed E-state index contributed by atoms with van der Waals surface area (Å²) in [6, 6.07) is -0.524. The maximum Gasteiger partial charge on any atom is 0.311 e. The highest BCUT2D eigenvalue weighted by molar-refractivity contribution is 5.82. The summed E-state index contributed by atoms with van der Waals surface area (Å²) >= 11 is 0. The number of hydrogen-bond acceptors (Lipinski definition) is 3. The molecule has 0 bridgehead atoms. The molecule has 0 aromatic carbocycles. The molecular weight excluding hydrogens is 232 g/mol. The van der Waals surface area contributed by atoms with Crippen molar-refractivity contribution in [2.24, 2.45) is 11.1 Å². The van der Waals surface area contributed by atoms with Crippen molar-refractivity contribution in [3.05, 3.63) is 0 Å². The number of aliphatic carboxylic acids is 1. The quantitative estimate of drug-likeness (QED) is 0.667. The van der Waals surface area contributed by atoms with Gasteiger partial charge in [-0.05, 0) is 19.3 Å². The zero-order chi connectivity index (χ0) is 13.6. The fraction of sp³-hybridized carbons (Fsp3) is 0.846. The Morgan fingerprint density at radius 2 is 1.94 bits per heavy atom. The summed E-state index contributed by atoms with van der Waals surface area (Å²) in [5.41, 5.74) is 4.93. The second kappa shape index (κ2) is 6.73. The molecule has 104 valence electrons. The van der Waals surface area contributed by atoms with Crippen LogP contribution in [-0.4, -0.2) is 29.6 Å². The lowest BCUT2D eigenvalue weighted by atomic mass is 9.74. The predicted molar refractivity (Wildman–Crippen MR) is 69.0 cm³/mol. The lowest BCUT2D eigenvalue weighted by Gasteiger charge is -2.33. The fourth-order valence-corrected chi connectivity index (χ4v) is 2.52. The van der Waals surface area contributed by atoms with Crippen molar-refractivity contribution in [2.75, 3.05) is 6.54 Å². The van der Waals surface area contributed by atoms with E-state index in [0.717, 1.165) is 25.7 Å². The monoisotopic (exact) mass is 256 g/mol. The van der Waals surface area contributed by atoms with Crippen LogP contribution in [-0.2, 0) is 9.59 Å². The molecule has 0 unspecified atom stereocenters. The van der Waals surface area contributed by atoms with Crippen LogP contribution in [0, 0.1) is 5.41 Å². The van der Waals surface area contributed by atoms with E-state index in [-0.39, 0.29) is 12.5 Å². The molecule has 4 N–H and O–H groups in total. The van der Waals surface area contributed by atoms with Gasteiger partial charge in [0.2, 0.25) is 5.91 Å². The second-order valence-electron chi connectivity index (χ2n) is 5.26. The topological polar surface area (TPSA) is 92.4 Å². The number of carboxylic acids is 1. The Bertz CT molecular complexity index is 299. The number of rotatable bonds is 6. The van der Waals surface area contributed by atoms with Crippen LogP contribution in [0.15, 0.2) is 0 Å². The number of carboxylic acid groups (broad SMARTS) is 1. The smallest absolute Gasteiger partial charge is 0.311 e. The molecule has 5 heteroatoms. The maximum absolute atomic E-state index is 11.7. The van der Waals surface area contributed by atoms with Gasteiger partial charge in [-0.2, -0.15) is 0 Å². The van der Waals surface area contributed by atoms with Gasteiger partial charge in [0, 0.05) is 6.54 Å². The summed E-state index contributed by atoms with van der Waals surface area (Å²) in [5, 5.41) is 12.1. The molecule has 0 radical (unpaired) electrons. The highest BCUT2D eigenvalue weighted by atomic mass is 16.4. The summed E-state index contributed by atoms with van der Waals surface area (Å²) in [7, 11) is 0. The Morgan fingerprint density at radius 1 is 1.33 bits per heavy atom. The Kier molecular flexibility index (Phi) is 5.59. The number of nitrogens with one attached hydrogen (secondary N) is 1. The second-order valence-corrected chi connectivity index (χ2v) is 5.26. The van der Waals surface area contributed by atoms with Crippen LogP contribution in [0.3, 0.4) is 0 Å². The molecule has 0 saturated heterocycles. The first-order valence-corrected chi connectivity index (χ1v) is 6.78. The summed E-state index contributed by atoms with van der Waals surface area (Å²) in [6.07, 6.45) is 5.69. The Labute approximate surface area is 108 Å². The maximum atomic E-state index is 11.7. The van der Waals surface area contributed by atoms with E-state index >= 15 is 0 Å². The van der Waals surface area contributed by atoms with Gasteiger partial charge in [-0.25, -0.2) is 0 Å². The minimum absolute atomic E-state index is 0.207. The van der Waals surface area contributed by atoms with Crippen LogP contribution in [0.4, 0.5) is 0 Å². The van der Waals surface area contributed by atoms with Gasteiger partial charge in [-0.3, -0.25) is 9.59 Å². The number of carbonyl (C=O) groups is 2. The van der Waals surface area contributed by atoms with Crippen LogP contribution in [0.25, 0.3) is 0 Å². The van der Waals surface area contributed by atoms with E-state index in [1.54, 1.807) is 0 Å². The molecule has 1 rings (SSSR count). The van der Waals surface area contributed by atoms with Gasteiger partial charge < -0.3 is 16.2 Å². The molecule has 1 aliphatic rings. The minimum Gasteiger partial charge on any atom is -0.481 e. The van der Waals surface area contributed by atoms with Crippen LogP contribution in [0.5, 0.6) is 0 Å². The molecule has 0 aliphatic heterocycles. The Morgan fingerprint density at radius 3 is 2.44 bits per heavy atom. The van der Waals surface area contributed by atoms with Crippen molar-refractivity contribution in [3.8, 4) is 0 Å². The largest absolute Gasteiger partial charge is 0.481 e. The lowest BCUT2D eigenvalue weighted by molar-refractivity contribution is -0.151. The first-order chi connectivity index (χ1) is 8.52. The minimum atomic E-state index is -0.799. The van der Waals surface area contributed by atoms with Crippen molar-refractivity contribution in [3.63, 3.8) is 0 Å². The third-order valence-corrected chi connectivity index (χ3v) is 3.80. The molecule has 1 aliphatic carbocycles. The van der Waals surface area contributed by atoms with Crippen LogP contribution in [0.1, 0.15) is 51.9 Å². The lowest BCUT2D eigenvalue weighted by Crippen LogP contribution is -2.48. The van der Waals surface area contributed by atoms with Gasteiger partial charge >= 0.3 is 5.97 Å². The van der Waals surface area contributed by atoms with Crippen LogP contribution >= 0.6 is 0 Å². The molecule has 0 heterocycles. The van der Waals surface area contributed by atoms with Gasteiger partial charge in [0.25, 0.3) is 0 Å². The SMILES string of the molecule is CCC[C@@H](N)C(=O)NCC1(C(=O)O)CCCCC1. The highest BCUT2D eigenvalue weighted by Gasteiger charge is 2.39. The van der Waals surface area contributed by atoms with Crippen molar-refractivity contribution in [1.29, 1.82) is 0 Å². The van der Waals surface area contributed by atoms with E-state index in [1.807, 2.05) is 6.92 Å². The number of nitrogens with two attached hydrogens (primary N) is 1. The summed E-state index contributed by atoms with van der Waals surface area (Å²) in [4.78, 5) is 23.1. The summed E-state index contributed by atoms with van der Waals surface area (Å²) in [5.74, 6) is -1.03. The third-order valence-electron chi connectivity index (χ3n) is 3.80. The van der Waals surface area contributed by atoms with E-state index in [2.05, 4.69) is 5.32 Å². The molecule has 0 aromatic heterocycles. The Hall–Kier alpha value is -1.10. The van der Waals surface area contributed by atoms with E-state index < -0.39 is 17.4 Å². The van der Waals surface area contributed by atoms with Crippen molar-refractivity contribution >= 4 is 11.9 Å². The number of carbonyl (C=O) groups excluding carboxylic acids is 1. The van der Waals surface area contributed by atoms with E-state index in [9.17, 15) is 14.7 Å². The molecular formula is C13H24N2O3. The molecule has 0 spiro atoms. The molecule has 0 aromatic rings. The zero-order valence-corrected chi connectivity index (χ0v) is 11.1. The Balaban J connectivity index is 2.52. The molecule has 5 nitrogen and oxygen atoms in total. The molecule has 1 atom stereocenters. The predicted octanol–water partition coefficient (Wildman–Crippen LogP) is 1.27. The van der Waals surface area contributed by atoms with Gasteiger partial charge in [0.05, 0.1) is 11.5 Å². The van der Waals surface area contributed by atoms with E-state index in [4.69, 9.17) is 5.73 Å². The van der Waals surface area contributed by atoms with Gasteiger partial charge in [0.1, 0.15) is 0 Å². The standard InChI is InChI=1S/C13H24N2O3/c1-2-6-10(14)11(16)15-9-13(12(17)18)7-4-3-5-8-13/h10H,2-9,14H2,1H3,(H,15,16)(H,17,18)/t10-/m1/s1. The zero-order valence-electron chi connectivity index (χ0n) is 11.1. The number of hydrogen-bond donors (Lipinski definition) is 3. The van der Waals surface area contributed by atoms with Crippen LogP contribution < -0.4 is 11.1 Å². The van der Waals surface area contributed by atoms with Crippen molar-refractivity contribution < 1.29 is 14.7 Å². The first kappa shape index (κ1) is 15.0. The van der Waals surface area contributed by atoms with Crippen LogP contribution in [0.2, 0.25) is 0 Å². The van der Waals surface area contributed by atoms with Crippen molar-refractivity contribution in [1.82, 2.24) is 5.32 Å². The molecule has 18 heavy (non-hydrogen) atoms. The summed E-state index contributed by atoms with van der Waals surface area (Å²) < 4.78 is 0. The van der Waals surface area contributed by atoms with Gasteiger partial charge in [-0.15, -0.1) is 0 Å². The molecule has 1 amide bonds. The van der Waals surface area contributed by atoms with Crippen molar-refractivity contribution in [2.45, 2.75) is 57.9 Å². The molecule has 1 fully saturated rings. The molecule has 1 saturated carbocycles. The normalized spacial score (nSPS) is 20.1. The average molecular weight is 256 g/mol. The van der Waals surface area contributed by atoms with Gasteiger partial charge in [-0.1, -0.05) is 32.6 Å². The summed E-state index contributed by atoms with van der Waals surface area (Å²) in [6.45, 7) is 2.17. The first-order valence-electron chi connectivity index (χ1n) is 6.78. The fourth-order valence-electron chi connectivity index (χ4n) is 2.52. The third kappa shape index (κ3) is 3.70. The van der Waals surface area contributed by atoms with E-state index in [0.29, 0.717) is 19.3 Å². The van der Waals surface area contributed by atoms with E-state index in [1.165, 1.54) is 0 Å². The number of amides is 1.